The van der Waals surface area contributed by atoms with Crippen molar-refractivity contribution in [3.8, 4) is 5.88 Å². The molecule has 1 aromatic heterocycles. The molecule has 78 valence electrons. The van der Waals surface area contributed by atoms with Crippen LogP contribution < -0.4 is 10.5 Å². The van der Waals surface area contributed by atoms with Gasteiger partial charge in [-0.25, -0.2) is 4.98 Å². The van der Waals surface area contributed by atoms with Gasteiger partial charge in [0.2, 0.25) is 5.88 Å². The minimum atomic E-state index is 0.418. The second-order valence-electron chi connectivity index (χ2n) is 2.68. The number of ether oxygens (including phenoxy) is 2. The van der Waals surface area contributed by atoms with Crippen molar-refractivity contribution < 1.29 is 9.47 Å². The highest BCUT2D eigenvalue weighted by Crippen LogP contribution is 2.21. The van der Waals surface area contributed by atoms with E-state index in [2.05, 4.69) is 4.98 Å². The SMILES string of the molecule is COCCOc1ncc(CN)cc1Cl. The minimum Gasteiger partial charge on any atom is -0.474 e. The number of methoxy groups -OCH3 is 1. The molecule has 0 unspecified atom stereocenters. The lowest BCUT2D eigenvalue weighted by Crippen LogP contribution is -2.06. The number of hydrogen-bond donors (Lipinski definition) is 1. The number of halogens is 1. The molecule has 0 bridgehead atoms. The van der Waals surface area contributed by atoms with Crippen molar-refractivity contribution in [1.82, 2.24) is 4.98 Å². The quantitative estimate of drug-likeness (QED) is 0.752. The Morgan fingerprint density at radius 1 is 1.50 bits per heavy atom. The van der Waals surface area contributed by atoms with Gasteiger partial charge in [-0.05, 0) is 11.6 Å². The lowest BCUT2D eigenvalue weighted by atomic mass is 10.3. The lowest BCUT2D eigenvalue weighted by molar-refractivity contribution is 0.144. The summed E-state index contributed by atoms with van der Waals surface area (Å²) in [7, 11) is 1.61. The summed E-state index contributed by atoms with van der Waals surface area (Å²) in [4.78, 5) is 4.03. The van der Waals surface area contributed by atoms with E-state index in [4.69, 9.17) is 26.8 Å². The van der Waals surface area contributed by atoms with Crippen molar-refractivity contribution in [3.05, 3.63) is 22.8 Å². The van der Waals surface area contributed by atoms with Crippen molar-refractivity contribution >= 4 is 11.6 Å². The van der Waals surface area contributed by atoms with Gasteiger partial charge >= 0.3 is 0 Å². The van der Waals surface area contributed by atoms with E-state index in [1.54, 1.807) is 19.4 Å². The molecule has 2 N–H and O–H groups in total. The van der Waals surface area contributed by atoms with Crippen LogP contribution in [0.4, 0.5) is 0 Å². The molecule has 5 heteroatoms. The topological polar surface area (TPSA) is 57.4 Å². The lowest BCUT2D eigenvalue weighted by Gasteiger charge is -2.06. The van der Waals surface area contributed by atoms with Gasteiger partial charge in [0.15, 0.2) is 0 Å². The van der Waals surface area contributed by atoms with Crippen LogP contribution in [0.2, 0.25) is 5.02 Å². The monoisotopic (exact) mass is 216 g/mol. The van der Waals surface area contributed by atoms with Gasteiger partial charge in [0.25, 0.3) is 0 Å². The Hall–Kier alpha value is -0.840. The first kappa shape index (κ1) is 11.2. The third-order valence-electron chi connectivity index (χ3n) is 1.63. The van der Waals surface area contributed by atoms with E-state index in [9.17, 15) is 0 Å². The molecule has 1 aromatic rings. The van der Waals surface area contributed by atoms with Gasteiger partial charge in [-0.1, -0.05) is 11.6 Å². The van der Waals surface area contributed by atoms with E-state index in [1.807, 2.05) is 0 Å². The van der Waals surface area contributed by atoms with Crippen LogP contribution in [-0.4, -0.2) is 25.3 Å². The van der Waals surface area contributed by atoms with E-state index in [1.165, 1.54) is 0 Å². The standard InChI is InChI=1S/C9H13ClN2O2/c1-13-2-3-14-9-8(10)4-7(5-11)6-12-9/h4,6H,2-3,5,11H2,1H3. The molecule has 0 radical (unpaired) electrons. The highest BCUT2D eigenvalue weighted by atomic mass is 35.5. The average molecular weight is 217 g/mol. The predicted molar refractivity (Wildman–Crippen MR) is 54.5 cm³/mol. The molecule has 0 amide bonds. The molecule has 0 aliphatic heterocycles. The zero-order chi connectivity index (χ0) is 10.4. The van der Waals surface area contributed by atoms with Crippen LogP contribution in [0.1, 0.15) is 5.56 Å². The summed E-state index contributed by atoms with van der Waals surface area (Å²) in [5, 5.41) is 0.476. The van der Waals surface area contributed by atoms with Crippen LogP contribution in [0.5, 0.6) is 5.88 Å². The van der Waals surface area contributed by atoms with Crippen LogP contribution in [0.15, 0.2) is 12.3 Å². The first-order valence-corrected chi connectivity index (χ1v) is 4.62. The summed E-state index contributed by atoms with van der Waals surface area (Å²) < 4.78 is 10.1. The highest BCUT2D eigenvalue weighted by Gasteiger charge is 2.03. The number of nitrogens with two attached hydrogens (primary N) is 1. The largest absolute Gasteiger partial charge is 0.474 e. The first-order chi connectivity index (χ1) is 6.77. The Morgan fingerprint density at radius 2 is 2.29 bits per heavy atom. The van der Waals surface area contributed by atoms with Crippen molar-refractivity contribution in [2.45, 2.75) is 6.54 Å². The fraction of sp³-hybridized carbons (Fsp3) is 0.444. The average Bonchev–Trinajstić information content (AvgIpc) is 2.20. The summed E-state index contributed by atoms with van der Waals surface area (Å²) in [5.74, 6) is 0.418. The molecule has 0 aliphatic rings. The van der Waals surface area contributed by atoms with Gasteiger partial charge in [-0.15, -0.1) is 0 Å². The number of nitrogens with zero attached hydrogens (tertiary/aromatic N) is 1. The summed E-state index contributed by atoms with van der Waals surface area (Å²) in [6.07, 6.45) is 1.65. The summed E-state index contributed by atoms with van der Waals surface area (Å²) >= 11 is 5.90. The molecule has 0 spiro atoms. The maximum Gasteiger partial charge on any atom is 0.232 e. The van der Waals surface area contributed by atoms with E-state index in [0.29, 0.717) is 30.7 Å². The van der Waals surface area contributed by atoms with Crippen LogP contribution in [0.25, 0.3) is 0 Å². The molecule has 14 heavy (non-hydrogen) atoms. The molecule has 0 saturated carbocycles. The molecule has 0 aliphatic carbocycles. The summed E-state index contributed by atoms with van der Waals surface area (Å²) in [6, 6.07) is 1.75. The predicted octanol–water partition coefficient (Wildman–Crippen LogP) is 1.22. The van der Waals surface area contributed by atoms with Crippen LogP contribution in [0, 0.1) is 0 Å². The Morgan fingerprint density at radius 3 is 2.86 bits per heavy atom. The summed E-state index contributed by atoms with van der Waals surface area (Å²) in [5.41, 5.74) is 6.31. The maximum absolute atomic E-state index is 5.90. The fourth-order valence-corrected chi connectivity index (χ4v) is 1.15. The molecular formula is C9H13ClN2O2. The van der Waals surface area contributed by atoms with Crippen molar-refractivity contribution in [3.63, 3.8) is 0 Å². The van der Waals surface area contributed by atoms with Crippen molar-refractivity contribution in [2.75, 3.05) is 20.3 Å². The Balaban J connectivity index is 2.59. The molecule has 1 heterocycles. The zero-order valence-corrected chi connectivity index (χ0v) is 8.75. The Labute approximate surface area is 88.0 Å². The van der Waals surface area contributed by atoms with Gasteiger partial charge in [-0.2, -0.15) is 0 Å². The molecule has 1 rings (SSSR count). The zero-order valence-electron chi connectivity index (χ0n) is 8.00. The smallest absolute Gasteiger partial charge is 0.232 e. The van der Waals surface area contributed by atoms with Crippen molar-refractivity contribution in [2.24, 2.45) is 5.73 Å². The second-order valence-corrected chi connectivity index (χ2v) is 3.08. The van der Waals surface area contributed by atoms with E-state index >= 15 is 0 Å². The van der Waals surface area contributed by atoms with Crippen LogP contribution >= 0.6 is 11.6 Å². The Kier molecular flexibility index (Phi) is 4.65. The molecule has 0 fully saturated rings. The van der Waals surface area contributed by atoms with Gasteiger partial charge in [0, 0.05) is 19.9 Å². The van der Waals surface area contributed by atoms with E-state index in [0.717, 1.165) is 5.56 Å². The normalized spacial score (nSPS) is 10.2. The van der Waals surface area contributed by atoms with Gasteiger partial charge < -0.3 is 15.2 Å². The molecule has 0 saturated heterocycles. The number of pyridine rings is 1. The fourth-order valence-electron chi connectivity index (χ4n) is 0.904. The third kappa shape index (κ3) is 3.14. The van der Waals surface area contributed by atoms with E-state index in [-0.39, 0.29) is 0 Å². The highest BCUT2D eigenvalue weighted by molar-refractivity contribution is 6.31. The maximum atomic E-state index is 5.90. The van der Waals surface area contributed by atoms with Gasteiger partial charge in [-0.3, -0.25) is 0 Å². The number of aromatic nitrogens is 1. The first-order valence-electron chi connectivity index (χ1n) is 4.24. The molecule has 4 nitrogen and oxygen atoms in total. The van der Waals surface area contributed by atoms with E-state index < -0.39 is 0 Å². The molecule has 0 aromatic carbocycles. The third-order valence-corrected chi connectivity index (χ3v) is 1.90. The van der Waals surface area contributed by atoms with Crippen LogP contribution in [-0.2, 0) is 11.3 Å². The summed E-state index contributed by atoms with van der Waals surface area (Å²) in [6.45, 7) is 1.37. The van der Waals surface area contributed by atoms with Gasteiger partial charge in [0.1, 0.15) is 11.6 Å². The molecule has 0 atom stereocenters. The number of rotatable bonds is 5. The molecular weight excluding hydrogens is 204 g/mol. The van der Waals surface area contributed by atoms with Gasteiger partial charge in [0.05, 0.1) is 6.61 Å². The Bertz CT molecular complexity index is 294. The minimum absolute atomic E-state index is 0.418. The second kappa shape index (κ2) is 5.80. The number of hydrogen-bond acceptors (Lipinski definition) is 4. The van der Waals surface area contributed by atoms with Crippen LogP contribution in [0.3, 0.4) is 0 Å². The van der Waals surface area contributed by atoms with Crippen molar-refractivity contribution in [1.29, 1.82) is 0 Å².